The summed E-state index contributed by atoms with van der Waals surface area (Å²) < 4.78 is 7.04. The maximum atomic E-state index is 12.7. The minimum Gasteiger partial charge on any atom is -0.458 e. The van der Waals surface area contributed by atoms with Crippen molar-refractivity contribution in [2.45, 2.75) is 78.7 Å². The number of likely N-dealkylation sites (tertiary alicyclic amines) is 1. The number of hydrogen-bond acceptors (Lipinski definition) is 2. The molecular formula is C20H38NO2+. The van der Waals surface area contributed by atoms with Crippen molar-refractivity contribution in [3.05, 3.63) is 0 Å². The largest absolute Gasteiger partial charge is 0.458 e. The van der Waals surface area contributed by atoms with E-state index >= 15 is 0 Å². The van der Waals surface area contributed by atoms with Crippen LogP contribution in [0.15, 0.2) is 0 Å². The Kier molecular flexibility index (Phi) is 6.94. The molecule has 3 atom stereocenters. The van der Waals surface area contributed by atoms with Crippen molar-refractivity contribution >= 4 is 5.97 Å². The van der Waals surface area contributed by atoms with Crippen LogP contribution < -0.4 is 0 Å². The average Bonchev–Trinajstić information content (AvgIpc) is 2.93. The summed E-state index contributed by atoms with van der Waals surface area (Å²) in [6.45, 7) is 13.2. The standard InChI is InChI=1S/C20H38NO2/c1-5-6-11-21(12-7-8-13-21)15-20(22)23-19-14-17(4)9-10-18(19)16(2)3/h16-19H,5-15H2,1-4H3/q+1/t17-,18+,19-/m1/s1. The second kappa shape index (κ2) is 8.50. The van der Waals surface area contributed by atoms with Crippen LogP contribution in [0.5, 0.6) is 0 Å². The second-order valence-corrected chi connectivity index (χ2v) is 8.59. The summed E-state index contributed by atoms with van der Waals surface area (Å²) in [6.07, 6.45) is 8.69. The number of nitrogens with zero attached hydrogens (tertiary/aromatic N) is 1. The molecule has 1 saturated carbocycles. The van der Waals surface area contributed by atoms with E-state index < -0.39 is 0 Å². The lowest BCUT2D eigenvalue weighted by Gasteiger charge is -2.38. The Morgan fingerprint density at radius 1 is 1.22 bits per heavy atom. The molecule has 0 N–H and O–H groups in total. The highest BCUT2D eigenvalue weighted by Gasteiger charge is 2.38. The molecule has 0 bridgehead atoms. The highest BCUT2D eigenvalue weighted by molar-refractivity contribution is 5.70. The van der Waals surface area contributed by atoms with Crippen LogP contribution in [0.2, 0.25) is 0 Å². The van der Waals surface area contributed by atoms with Gasteiger partial charge in [-0.2, -0.15) is 0 Å². The molecule has 3 nitrogen and oxygen atoms in total. The molecule has 0 spiro atoms. The van der Waals surface area contributed by atoms with Gasteiger partial charge in [-0.15, -0.1) is 0 Å². The van der Waals surface area contributed by atoms with Crippen molar-refractivity contribution in [2.24, 2.45) is 17.8 Å². The van der Waals surface area contributed by atoms with Crippen LogP contribution in [0, 0.1) is 17.8 Å². The predicted octanol–water partition coefficient (Wildman–Crippen LogP) is 4.40. The first-order chi connectivity index (χ1) is 11.0. The van der Waals surface area contributed by atoms with E-state index in [1.165, 1.54) is 51.6 Å². The van der Waals surface area contributed by atoms with Crippen LogP contribution in [0.25, 0.3) is 0 Å². The summed E-state index contributed by atoms with van der Waals surface area (Å²) in [5, 5.41) is 0. The van der Waals surface area contributed by atoms with Crippen LogP contribution in [0.1, 0.15) is 72.6 Å². The van der Waals surface area contributed by atoms with E-state index in [4.69, 9.17) is 4.74 Å². The Bertz CT molecular complexity index is 374. The number of carbonyl (C=O) groups is 1. The van der Waals surface area contributed by atoms with Gasteiger partial charge in [-0.1, -0.05) is 40.5 Å². The Labute approximate surface area is 143 Å². The van der Waals surface area contributed by atoms with Gasteiger partial charge in [0.1, 0.15) is 6.10 Å². The van der Waals surface area contributed by atoms with Crippen LogP contribution in [0.3, 0.4) is 0 Å². The molecule has 1 saturated heterocycles. The monoisotopic (exact) mass is 324 g/mol. The van der Waals surface area contributed by atoms with Gasteiger partial charge >= 0.3 is 5.97 Å². The zero-order chi connectivity index (χ0) is 16.9. The van der Waals surface area contributed by atoms with E-state index in [1.54, 1.807) is 0 Å². The topological polar surface area (TPSA) is 26.3 Å². The van der Waals surface area contributed by atoms with Crippen molar-refractivity contribution in [3.63, 3.8) is 0 Å². The zero-order valence-corrected chi connectivity index (χ0v) is 15.9. The number of ether oxygens (including phenoxy) is 1. The third-order valence-electron chi connectivity index (χ3n) is 6.21. The molecule has 0 radical (unpaired) electrons. The number of carbonyl (C=O) groups excluding carboxylic acids is 1. The lowest BCUT2D eigenvalue weighted by atomic mass is 9.75. The van der Waals surface area contributed by atoms with Crippen molar-refractivity contribution in [1.82, 2.24) is 0 Å². The number of rotatable bonds is 7. The molecular weight excluding hydrogens is 286 g/mol. The van der Waals surface area contributed by atoms with E-state index in [0.717, 1.165) is 17.4 Å². The van der Waals surface area contributed by atoms with E-state index in [-0.39, 0.29) is 12.1 Å². The fraction of sp³-hybridized carbons (Fsp3) is 0.950. The Morgan fingerprint density at radius 3 is 2.52 bits per heavy atom. The number of quaternary nitrogens is 1. The van der Waals surface area contributed by atoms with Gasteiger partial charge in [0.2, 0.25) is 0 Å². The summed E-state index contributed by atoms with van der Waals surface area (Å²) in [4.78, 5) is 12.7. The van der Waals surface area contributed by atoms with E-state index in [0.29, 0.717) is 24.3 Å². The van der Waals surface area contributed by atoms with E-state index in [2.05, 4.69) is 27.7 Å². The molecule has 2 rings (SSSR count). The first kappa shape index (κ1) is 18.8. The SMILES string of the molecule is CCCC[N+]1(CC(=O)O[C@@H]2C[C@H](C)CC[C@H]2C(C)C)CCCC1. The molecule has 0 amide bonds. The predicted molar refractivity (Wildman–Crippen MR) is 95.1 cm³/mol. The molecule has 3 heteroatoms. The van der Waals surface area contributed by atoms with Crippen molar-refractivity contribution in [2.75, 3.05) is 26.2 Å². The summed E-state index contributed by atoms with van der Waals surface area (Å²) >= 11 is 0. The molecule has 2 fully saturated rings. The van der Waals surface area contributed by atoms with Crippen LogP contribution in [-0.4, -0.2) is 42.7 Å². The maximum absolute atomic E-state index is 12.7. The molecule has 23 heavy (non-hydrogen) atoms. The highest BCUT2D eigenvalue weighted by Crippen LogP contribution is 2.35. The lowest BCUT2D eigenvalue weighted by molar-refractivity contribution is -0.910. The molecule has 1 aliphatic heterocycles. The smallest absolute Gasteiger partial charge is 0.362 e. The summed E-state index contributed by atoms with van der Waals surface area (Å²) in [7, 11) is 0. The third-order valence-corrected chi connectivity index (χ3v) is 6.21. The van der Waals surface area contributed by atoms with Crippen LogP contribution in [-0.2, 0) is 9.53 Å². The van der Waals surface area contributed by atoms with Gasteiger partial charge in [0.15, 0.2) is 6.54 Å². The van der Waals surface area contributed by atoms with E-state index in [1.807, 2.05) is 0 Å². The molecule has 2 aliphatic rings. The number of unbranched alkanes of at least 4 members (excludes halogenated alkanes) is 1. The van der Waals surface area contributed by atoms with Crippen molar-refractivity contribution < 1.29 is 14.0 Å². The Balaban J connectivity index is 1.93. The fourth-order valence-corrected chi connectivity index (χ4v) is 4.69. The Hall–Kier alpha value is -0.570. The molecule has 0 aromatic heterocycles. The van der Waals surface area contributed by atoms with E-state index in [9.17, 15) is 4.79 Å². The van der Waals surface area contributed by atoms with Gasteiger partial charge in [0.05, 0.1) is 19.6 Å². The first-order valence-corrected chi connectivity index (χ1v) is 10.0. The second-order valence-electron chi connectivity index (χ2n) is 8.59. The zero-order valence-electron chi connectivity index (χ0n) is 15.9. The number of esters is 1. The fourth-order valence-electron chi connectivity index (χ4n) is 4.69. The molecule has 134 valence electrons. The molecule has 0 aromatic rings. The van der Waals surface area contributed by atoms with Crippen LogP contribution >= 0.6 is 0 Å². The number of hydrogen-bond donors (Lipinski definition) is 0. The van der Waals surface area contributed by atoms with Crippen molar-refractivity contribution in [1.29, 1.82) is 0 Å². The molecule has 1 heterocycles. The quantitative estimate of drug-likeness (QED) is 0.512. The molecule has 1 aliphatic carbocycles. The van der Waals surface area contributed by atoms with Gasteiger partial charge in [0.25, 0.3) is 0 Å². The third kappa shape index (κ3) is 5.20. The average molecular weight is 325 g/mol. The normalized spacial score (nSPS) is 30.6. The Morgan fingerprint density at radius 2 is 1.91 bits per heavy atom. The highest BCUT2D eigenvalue weighted by atomic mass is 16.5. The van der Waals surface area contributed by atoms with Crippen LogP contribution in [0.4, 0.5) is 0 Å². The van der Waals surface area contributed by atoms with Gasteiger partial charge in [-0.25, -0.2) is 4.79 Å². The molecule has 0 unspecified atom stereocenters. The van der Waals surface area contributed by atoms with Gasteiger partial charge in [0, 0.05) is 12.8 Å². The van der Waals surface area contributed by atoms with Gasteiger partial charge < -0.3 is 9.22 Å². The molecule has 0 aromatic carbocycles. The summed E-state index contributed by atoms with van der Waals surface area (Å²) in [5.41, 5.74) is 0. The van der Waals surface area contributed by atoms with Gasteiger partial charge in [-0.3, -0.25) is 0 Å². The first-order valence-electron chi connectivity index (χ1n) is 10.0. The van der Waals surface area contributed by atoms with Gasteiger partial charge in [-0.05, 0) is 37.0 Å². The minimum atomic E-state index is 0.0627. The summed E-state index contributed by atoms with van der Waals surface area (Å²) in [5.74, 6) is 1.92. The minimum absolute atomic E-state index is 0.0627. The lowest BCUT2D eigenvalue weighted by Crippen LogP contribution is -2.50. The maximum Gasteiger partial charge on any atom is 0.362 e. The van der Waals surface area contributed by atoms with Crippen molar-refractivity contribution in [3.8, 4) is 0 Å². The summed E-state index contributed by atoms with van der Waals surface area (Å²) in [6, 6.07) is 0.